The van der Waals surface area contributed by atoms with Crippen molar-refractivity contribution in [3.8, 4) is 0 Å². The summed E-state index contributed by atoms with van der Waals surface area (Å²) in [5, 5.41) is 3.73. The van der Waals surface area contributed by atoms with E-state index in [2.05, 4.69) is 17.2 Å². The molecule has 0 radical (unpaired) electrons. The summed E-state index contributed by atoms with van der Waals surface area (Å²) in [4.78, 5) is 17.0. The first-order valence-electron chi connectivity index (χ1n) is 5.51. The number of nitrogens with one attached hydrogen (secondary N) is 1. The molecule has 0 saturated heterocycles. The van der Waals surface area contributed by atoms with E-state index in [1.807, 2.05) is 20.0 Å². The van der Waals surface area contributed by atoms with Gasteiger partial charge >= 0.3 is 0 Å². The van der Waals surface area contributed by atoms with Crippen molar-refractivity contribution < 1.29 is 4.79 Å². The third-order valence-corrected chi connectivity index (χ3v) is 3.53. The zero-order chi connectivity index (χ0) is 12.1. The molecule has 0 bridgehead atoms. The van der Waals surface area contributed by atoms with E-state index < -0.39 is 6.04 Å². The van der Waals surface area contributed by atoms with E-state index in [0.29, 0.717) is 6.54 Å². The molecule has 7 heteroatoms. The summed E-state index contributed by atoms with van der Waals surface area (Å²) in [6.07, 6.45) is 2.84. The lowest BCUT2D eigenvalue weighted by molar-refractivity contribution is -0.123. The van der Waals surface area contributed by atoms with Gasteiger partial charge in [-0.05, 0) is 12.3 Å². The molecule has 0 aliphatic carbocycles. The van der Waals surface area contributed by atoms with Crippen molar-refractivity contribution in [2.75, 3.05) is 0 Å². The summed E-state index contributed by atoms with van der Waals surface area (Å²) in [6.45, 7) is 6.43. The number of rotatable bonds is 5. The van der Waals surface area contributed by atoms with Crippen LogP contribution in [0.15, 0.2) is 6.20 Å². The van der Waals surface area contributed by atoms with Gasteiger partial charge in [0.25, 0.3) is 0 Å². The van der Waals surface area contributed by atoms with Crippen LogP contribution in [0.4, 0.5) is 0 Å². The molecule has 4 nitrogen and oxygen atoms in total. The van der Waals surface area contributed by atoms with Gasteiger partial charge in [0.1, 0.15) is 5.01 Å². The molecule has 1 aromatic heterocycles. The number of thiazole rings is 1. The monoisotopic (exact) mass is 313 g/mol. The topological polar surface area (TPSA) is 68.0 Å². The number of nitrogens with zero attached hydrogens (tertiary/aromatic N) is 1. The second-order valence-electron chi connectivity index (χ2n) is 4.06. The Labute approximate surface area is 125 Å². The average Bonchev–Trinajstić information content (AvgIpc) is 2.72. The Morgan fingerprint density at radius 3 is 2.56 bits per heavy atom. The van der Waals surface area contributed by atoms with Crippen LogP contribution in [0.25, 0.3) is 0 Å². The zero-order valence-corrected chi connectivity index (χ0v) is 13.3. The van der Waals surface area contributed by atoms with Gasteiger partial charge in [-0.1, -0.05) is 20.8 Å². The summed E-state index contributed by atoms with van der Waals surface area (Å²) in [7, 11) is 0. The van der Waals surface area contributed by atoms with Crippen LogP contribution < -0.4 is 11.1 Å². The lowest BCUT2D eigenvalue weighted by Gasteiger charge is -2.14. The van der Waals surface area contributed by atoms with Crippen LogP contribution in [-0.4, -0.2) is 16.9 Å². The van der Waals surface area contributed by atoms with E-state index in [4.69, 9.17) is 5.73 Å². The second-order valence-corrected chi connectivity index (χ2v) is 5.26. The first kappa shape index (κ1) is 20.0. The fourth-order valence-electron chi connectivity index (χ4n) is 1.18. The third kappa shape index (κ3) is 6.00. The zero-order valence-electron chi connectivity index (χ0n) is 10.8. The van der Waals surface area contributed by atoms with Crippen molar-refractivity contribution in [3.05, 3.63) is 16.1 Å². The van der Waals surface area contributed by atoms with Crippen molar-refractivity contribution >= 4 is 42.1 Å². The van der Waals surface area contributed by atoms with Gasteiger partial charge in [0.05, 0.1) is 12.6 Å². The highest BCUT2D eigenvalue weighted by atomic mass is 35.5. The average molecular weight is 314 g/mol. The molecular formula is C11H21Cl2N3OS. The molecule has 1 heterocycles. The standard InChI is InChI=1S/C11H19N3OS.2ClH/c1-4-8-5-13-9(16-8)6-14-11(15)10(12)7(2)3;;/h5,7,10H,4,6,12H2,1-3H3,(H,14,15);2*1H/t10-;;/m1../s1. The summed E-state index contributed by atoms with van der Waals surface area (Å²) in [5.74, 6) is 0.0470. The van der Waals surface area contributed by atoms with Crippen molar-refractivity contribution in [2.45, 2.75) is 39.8 Å². The predicted molar refractivity (Wildman–Crippen MR) is 80.6 cm³/mol. The fourth-order valence-corrected chi connectivity index (χ4v) is 1.98. The van der Waals surface area contributed by atoms with Gasteiger partial charge < -0.3 is 11.1 Å². The highest BCUT2D eigenvalue weighted by molar-refractivity contribution is 7.11. The van der Waals surface area contributed by atoms with Gasteiger partial charge in [-0.3, -0.25) is 4.79 Å². The van der Waals surface area contributed by atoms with Gasteiger partial charge in [-0.25, -0.2) is 4.98 Å². The molecule has 0 aliphatic heterocycles. The Balaban J connectivity index is 0. The van der Waals surface area contributed by atoms with Crippen molar-refractivity contribution in [3.63, 3.8) is 0 Å². The maximum atomic E-state index is 11.6. The Morgan fingerprint density at radius 2 is 2.11 bits per heavy atom. The summed E-state index contributed by atoms with van der Waals surface area (Å²) < 4.78 is 0. The predicted octanol–water partition coefficient (Wildman–Crippen LogP) is 2.15. The molecule has 0 aliphatic rings. The minimum Gasteiger partial charge on any atom is -0.348 e. The number of aromatic nitrogens is 1. The van der Waals surface area contributed by atoms with Gasteiger partial charge in [-0.2, -0.15) is 0 Å². The number of amides is 1. The number of carbonyl (C=O) groups excluding carboxylic acids is 1. The van der Waals surface area contributed by atoms with Crippen molar-refractivity contribution in [1.82, 2.24) is 10.3 Å². The molecule has 1 amide bonds. The number of nitrogens with two attached hydrogens (primary N) is 1. The van der Waals surface area contributed by atoms with Crippen molar-refractivity contribution in [2.24, 2.45) is 11.7 Å². The summed E-state index contributed by atoms with van der Waals surface area (Å²) >= 11 is 1.63. The first-order chi connectivity index (χ1) is 7.54. The summed E-state index contributed by atoms with van der Waals surface area (Å²) in [6, 6.07) is -0.439. The van der Waals surface area contributed by atoms with E-state index >= 15 is 0 Å². The lowest BCUT2D eigenvalue weighted by Crippen LogP contribution is -2.43. The smallest absolute Gasteiger partial charge is 0.237 e. The Bertz CT molecular complexity index is 358. The minimum absolute atomic E-state index is 0. The van der Waals surface area contributed by atoms with Crippen LogP contribution >= 0.6 is 36.2 Å². The van der Waals surface area contributed by atoms with E-state index in [1.54, 1.807) is 11.3 Å². The van der Waals surface area contributed by atoms with Crippen LogP contribution in [0.3, 0.4) is 0 Å². The third-order valence-electron chi connectivity index (χ3n) is 2.38. The molecule has 1 aromatic rings. The maximum Gasteiger partial charge on any atom is 0.237 e. The second kappa shape index (κ2) is 9.55. The molecule has 0 saturated carbocycles. The minimum atomic E-state index is -0.439. The Kier molecular flexibility index (Phi) is 10.6. The molecule has 0 unspecified atom stereocenters. The van der Waals surface area contributed by atoms with Crippen molar-refractivity contribution in [1.29, 1.82) is 0 Å². The summed E-state index contributed by atoms with van der Waals surface area (Å²) in [5.41, 5.74) is 5.73. The lowest BCUT2D eigenvalue weighted by atomic mass is 10.1. The van der Waals surface area contributed by atoms with E-state index in [0.717, 1.165) is 11.4 Å². The highest BCUT2D eigenvalue weighted by Crippen LogP contribution is 2.12. The van der Waals surface area contributed by atoms with Gasteiger partial charge in [0.2, 0.25) is 5.91 Å². The first-order valence-corrected chi connectivity index (χ1v) is 6.33. The quantitative estimate of drug-likeness (QED) is 0.875. The van der Waals surface area contributed by atoms with Crippen LogP contribution in [0.5, 0.6) is 0 Å². The molecule has 3 N–H and O–H groups in total. The van der Waals surface area contributed by atoms with Crippen LogP contribution in [0.2, 0.25) is 0 Å². The van der Waals surface area contributed by atoms with E-state index in [-0.39, 0.29) is 36.6 Å². The normalized spacial score (nSPS) is 11.4. The Morgan fingerprint density at radius 1 is 1.50 bits per heavy atom. The molecule has 0 fully saturated rings. The number of halogens is 2. The molecule has 18 heavy (non-hydrogen) atoms. The van der Waals surface area contributed by atoms with Crippen LogP contribution in [-0.2, 0) is 17.8 Å². The van der Waals surface area contributed by atoms with E-state index in [1.165, 1.54) is 4.88 Å². The van der Waals surface area contributed by atoms with Gasteiger partial charge in [0, 0.05) is 11.1 Å². The van der Waals surface area contributed by atoms with Crippen LogP contribution in [0.1, 0.15) is 30.7 Å². The number of carbonyl (C=O) groups is 1. The van der Waals surface area contributed by atoms with Crippen LogP contribution in [0, 0.1) is 5.92 Å². The number of aryl methyl sites for hydroxylation is 1. The van der Waals surface area contributed by atoms with Gasteiger partial charge in [-0.15, -0.1) is 36.2 Å². The number of hydrogen-bond donors (Lipinski definition) is 2. The molecule has 1 atom stereocenters. The molecule has 106 valence electrons. The number of hydrogen-bond acceptors (Lipinski definition) is 4. The molecule has 0 aromatic carbocycles. The Hall–Kier alpha value is -0.360. The van der Waals surface area contributed by atoms with E-state index in [9.17, 15) is 4.79 Å². The van der Waals surface area contributed by atoms with Gasteiger partial charge in [0.15, 0.2) is 0 Å². The molecule has 0 spiro atoms. The largest absolute Gasteiger partial charge is 0.348 e. The fraction of sp³-hybridized carbons (Fsp3) is 0.636. The molecular weight excluding hydrogens is 293 g/mol. The SMILES string of the molecule is CCc1cnc(CNC(=O)[C@H](N)C(C)C)s1.Cl.Cl. The highest BCUT2D eigenvalue weighted by Gasteiger charge is 2.16. The molecule has 1 rings (SSSR count). The maximum absolute atomic E-state index is 11.6.